The Morgan fingerprint density at radius 2 is 1.90 bits per heavy atom. The molecule has 0 aliphatic heterocycles. The molecule has 6 heteroatoms. The van der Waals surface area contributed by atoms with E-state index in [1.165, 1.54) is 6.20 Å². The van der Waals surface area contributed by atoms with Crippen molar-refractivity contribution in [2.75, 3.05) is 5.75 Å². The topological polar surface area (TPSA) is 79.9 Å². The molecule has 0 amide bonds. The fraction of sp³-hybridized carbons (Fsp3) is 0.286. The number of nitrogens with one attached hydrogen (secondary N) is 1. The zero-order valence-corrected chi connectivity index (χ0v) is 12.0. The number of hydrogen-bond acceptors (Lipinski definition) is 4. The van der Waals surface area contributed by atoms with Crippen LogP contribution in [0.4, 0.5) is 0 Å². The molecule has 106 valence electrons. The standard InChI is InChI=1S/C14H16N2O3S/c1-11-15-9-13(14(17)16-11)10-20(18,19)8-7-12-5-3-2-4-6-12/h2-6,9H,7-8,10H2,1H3,(H,15,16,17). The molecule has 0 saturated carbocycles. The van der Waals surface area contributed by atoms with E-state index in [0.717, 1.165) is 5.56 Å². The molecule has 0 saturated heterocycles. The number of aryl methyl sites for hydroxylation is 2. The lowest BCUT2D eigenvalue weighted by Crippen LogP contribution is -2.20. The summed E-state index contributed by atoms with van der Waals surface area (Å²) >= 11 is 0. The van der Waals surface area contributed by atoms with Crippen molar-refractivity contribution in [3.8, 4) is 0 Å². The van der Waals surface area contributed by atoms with E-state index in [2.05, 4.69) is 9.97 Å². The van der Waals surface area contributed by atoms with Gasteiger partial charge in [0, 0.05) is 6.20 Å². The lowest BCUT2D eigenvalue weighted by molar-refractivity contribution is 0.594. The van der Waals surface area contributed by atoms with Gasteiger partial charge < -0.3 is 4.98 Å². The quantitative estimate of drug-likeness (QED) is 0.899. The monoisotopic (exact) mass is 292 g/mol. The van der Waals surface area contributed by atoms with Gasteiger partial charge in [0.15, 0.2) is 9.84 Å². The van der Waals surface area contributed by atoms with E-state index in [1.54, 1.807) is 6.92 Å². The van der Waals surface area contributed by atoms with E-state index in [9.17, 15) is 13.2 Å². The summed E-state index contributed by atoms with van der Waals surface area (Å²) < 4.78 is 24.1. The van der Waals surface area contributed by atoms with Gasteiger partial charge in [-0.3, -0.25) is 4.79 Å². The summed E-state index contributed by atoms with van der Waals surface area (Å²) in [5.74, 6) is 0.215. The van der Waals surface area contributed by atoms with Crippen molar-refractivity contribution in [3.63, 3.8) is 0 Å². The third-order valence-corrected chi connectivity index (χ3v) is 4.50. The van der Waals surface area contributed by atoms with Crippen molar-refractivity contribution in [2.24, 2.45) is 0 Å². The normalized spacial score (nSPS) is 11.4. The Morgan fingerprint density at radius 3 is 2.55 bits per heavy atom. The highest BCUT2D eigenvalue weighted by molar-refractivity contribution is 7.90. The molecule has 0 radical (unpaired) electrons. The molecule has 0 bridgehead atoms. The molecule has 20 heavy (non-hydrogen) atoms. The minimum absolute atomic E-state index is 0.0182. The molecule has 2 rings (SSSR count). The molecule has 1 N–H and O–H groups in total. The van der Waals surface area contributed by atoms with Crippen LogP contribution < -0.4 is 5.56 Å². The van der Waals surface area contributed by atoms with Crippen LogP contribution in [-0.2, 0) is 22.0 Å². The van der Waals surface area contributed by atoms with Crippen LogP contribution in [-0.4, -0.2) is 24.1 Å². The van der Waals surface area contributed by atoms with Crippen molar-refractivity contribution in [1.82, 2.24) is 9.97 Å². The van der Waals surface area contributed by atoms with Crippen molar-refractivity contribution in [1.29, 1.82) is 0 Å². The van der Waals surface area contributed by atoms with E-state index in [0.29, 0.717) is 12.2 Å². The maximum atomic E-state index is 12.0. The highest BCUT2D eigenvalue weighted by atomic mass is 32.2. The molecule has 0 unspecified atom stereocenters. The Bertz CT molecular complexity index is 737. The largest absolute Gasteiger partial charge is 0.311 e. The van der Waals surface area contributed by atoms with Gasteiger partial charge in [0.25, 0.3) is 5.56 Å². The van der Waals surface area contributed by atoms with Gasteiger partial charge >= 0.3 is 0 Å². The highest BCUT2D eigenvalue weighted by Gasteiger charge is 2.15. The molecule has 5 nitrogen and oxygen atoms in total. The Balaban J connectivity index is 2.06. The van der Waals surface area contributed by atoms with Gasteiger partial charge in [-0.2, -0.15) is 0 Å². The van der Waals surface area contributed by atoms with Gasteiger partial charge in [-0.25, -0.2) is 13.4 Å². The third kappa shape index (κ3) is 4.03. The molecule has 1 aromatic heterocycles. The van der Waals surface area contributed by atoms with Crippen molar-refractivity contribution >= 4 is 9.84 Å². The second kappa shape index (κ2) is 6.00. The molecular weight excluding hydrogens is 276 g/mol. The van der Waals surface area contributed by atoms with Gasteiger partial charge in [0.2, 0.25) is 0 Å². The first-order chi connectivity index (χ1) is 9.46. The first-order valence-corrected chi connectivity index (χ1v) is 8.07. The molecule has 0 fully saturated rings. The summed E-state index contributed by atoms with van der Waals surface area (Å²) in [5.41, 5.74) is 0.761. The van der Waals surface area contributed by atoms with Gasteiger partial charge in [0.05, 0.1) is 17.1 Å². The SMILES string of the molecule is Cc1ncc(CS(=O)(=O)CCc2ccccc2)c(=O)[nH]1. The number of rotatable bonds is 5. The summed E-state index contributed by atoms with van der Waals surface area (Å²) in [5, 5.41) is 0. The zero-order valence-electron chi connectivity index (χ0n) is 11.2. The molecule has 0 aliphatic carbocycles. The Labute approximate surface area is 117 Å². The van der Waals surface area contributed by atoms with Gasteiger partial charge in [-0.15, -0.1) is 0 Å². The highest BCUT2D eigenvalue weighted by Crippen LogP contribution is 2.06. The average Bonchev–Trinajstić information content (AvgIpc) is 2.41. The maximum absolute atomic E-state index is 12.0. The van der Waals surface area contributed by atoms with Crippen molar-refractivity contribution < 1.29 is 8.42 Å². The number of nitrogens with zero attached hydrogens (tertiary/aromatic N) is 1. The lowest BCUT2D eigenvalue weighted by Gasteiger charge is -2.04. The number of H-pyrrole nitrogens is 1. The fourth-order valence-corrected chi connectivity index (χ4v) is 3.21. The molecule has 2 aromatic rings. The second-order valence-electron chi connectivity index (χ2n) is 4.65. The maximum Gasteiger partial charge on any atom is 0.255 e. The van der Waals surface area contributed by atoms with Crippen molar-refractivity contribution in [2.45, 2.75) is 19.1 Å². The van der Waals surface area contributed by atoms with Crippen LogP contribution in [0.1, 0.15) is 17.0 Å². The van der Waals surface area contributed by atoms with Crippen LogP contribution >= 0.6 is 0 Å². The molecular formula is C14H16N2O3S. The minimum atomic E-state index is -3.33. The van der Waals surface area contributed by atoms with E-state index in [-0.39, 0.29) is 22.6 Å². The predicted octanol–water partition coefficient (Wildman–Crippen LogP) is 1.24. The van der Waals surface area contributed by atoms with Crippen LogP contribution in [0.2, 0.25) is 0 Å². The lowest BCUT2D eigenvalue weighted by atomic mass is 10.2. The average molecular weight is 292 g/mol. The van der Waals surface area contributed by atoms with E-state index < -0.39 is 9.84 Å². The Hall–Kier alpha value is -1.95. The molecule has 0 aliphatic rings. The number of aromatic nitrogens is 2. The summed E-state index contributed by atoms with van der Waals surface area (Å²) in [6, 6.07) is 9.40. The Kier molecular flexibility index (Phi) is 4.34. The first-order valence-electron chi connectivity index (χ1n) is 6.25. The summed E-state index contributed by atoms with van der Waals surface area (Å²) in [4.78, 5) is 18.1. The number of sulfone groups is 1. The van der Waals surface area contributed by atoms with E-state index >= 15 is 0 Å². The van der Waals surface area contributed by atoms with Gasteiger partial charge in [-0.1, -0.05) is 30.3 Å². The van der Waals surface area contributed by atoms with Crippen LogP contribution in [0.3, 0.4) is 0 Å². The van der Waals surface area contributed by atoms with E-state index in [1.807, 2.05) is 30.3 Å². The van der Waals surface area contributed by atoms with Gasteiger partial charge in [0.1, 0.15) is 5.82 Å². The fourth-order valence-electron chi connectivity index (χ4n) is 1.84. The number of aromatic amines is 1. The predicted molar refractivity (Wildman–Crippen MR) is 77.2 cm³/mol. The number of hydrogen-bond donors (Lipinski definition) is 1. The third-order valence-electron chi connectivity index (χ3n) is 2.92. The van der Waals surface area contributed by atoms with E-state index in [4.69, 9.17) is 0 Å². The summed E-state index contributed by atoms with van der Waals surface area (Å²) in [7, 11) is -3.33. The molecule has 1 heterocycles. The Morgan fingerprint density at radius 1 is 1.20 bits per heavy atom. The second-order valence-corrected chi connectivity index (χ2v) is 6.83. The van der Waals surface area contributed by atoms with Crippen LogP contribution in [0.5, 0.6) is 0 Å². The van der Waals surface area contributed by atoms with Crippen molar-refractivity contribution in [3.05, 3.63) is 63.8 Å². The molecule has 0 spiro atoms. The van der Waals surface area contributed by atoms with Crippen LogP contribution in [0, 0.1) is 6.92 Å². The first kappa shape index (κ1) is 14.5. The summed E-state index contributed by atoms with van der Waals surface area (Å²) in [6.45, 7) is 1.65. The molecule has 0 atom stereocenters. The van der Waals surface area contributed by atoms with Gasteiger partial charge in [-0.05, 0) is 18.9 Å². The zero-order chi connectivity index (χ0) is 14.6. The number of benzene rings is 1. The summed E-state index contributed by atoms with van der Waals surface area (Å²) in [6.07, 6.45) is 1.77. The minimum Gasteiger partial charge on any atom is -0.311 e. The smallest absolute Gasteiger partial charge is 0.255 e. The van der Waals surface area contributed by atoms with Crippen LogP contribution in [0.15, 0.2) is 41.3 Å². The van der Waals surface area contributed by atoms with Crippen LogP contribution in [0.25, 0.3) is 0 Å². The molecule has 1 aromatic carbocycles.